The number of hydrogen-bond donors (Lipinski definition) is 2. The number of carbonyl (C=O) groups is 1. The minimum absolute atomic E-state index is 0.0402. The summed E-state index contributed by atoms with van der Waals surface area (Å²) in [5.74, 6) is 0.142. The maximum atomic E-state index is 15.6. The molecular formula is C35H31FN4O4. The maximum Gasteiger partial charge on any atom is 0.258 e. The minimum Gasteiger partial charge on any atom is -0.493 e. The molecule has 8 nitrogen and oxygen atoms in total. The second kappa shape index (κ2) is 13.2. The second-order valence-electron chi connectivity index (χ2n) is 10.3. The molecule has 2 N–H and O–H groups in total. The van der Waals surface area contributed by atoms with Gasteiger partial charge >= 0.3 is 0 Å². The van der Waals surface area contributed by atoms with Crippen molar-refractivity contribution in [2.45, 2.75) is 25.9 Å². The third-order valence-corrected chi connectivity index (χ3v) is 7.30. The summed E-state index contributed by atoms with van der Waals surface area (Å²) in [7, 11) is 1.54. The predicted octanol–water partition coefficient (Wildman–Crippen LogP) is 7.27. The van der Waals surface area contributed by atoms with Crippen molar-refractivity contribution in [3.05, 3.63) is 120 Å². The smallest absolute Gasteiger partial charge is 0.258 e. The molecule has 9 heteroatoms. The maximum absolute atomic E-state index is 15.6. The first-order valence-electron chi connectivity index (χ1n) is 14.4. The van der Waals surface area contributed by atoms with Crippen molar-refractivity contribution in [2.24, 2.45) is 0 Å². The molecule has 1 amide bonds. The van der Waals surface area contributed by atoms with E-state index >= 15 is 4.39 Å². The van der Waals surface area contributed by atoms with E-state index in [1.807, 2.05) is 60.7 Å². The standard InChI is InChI=1S/C35H31FN4O4/c1-42-31-19-26-29(20-32(31)43-21-23-10-4-2-5-11-23)38-22-39-35(26)44-30-16-15-24(18-27(30)36)33(28-14-8-9-17-37-28)34(41)40-25-12-6-3-7-13-25/h2-7,10-13,15-16,18-20,22,37H,8-9,14,17,21H2,1H3,(H,40,41)/b33-28-. The zero-order valence-corrected chi connectivity index (χ0v) is 24.2. The topological polar surface area (TPSA) is 94.6 Å². The van der Waals surface area contributed by atoms with Crippen LogP contribution in [-0.2, 0) is 11.4 Å². The zero-order valence-electron chi connectivity index (χ0n) is 24.2. The highest BCUT2D eigenvalue weighted by Crippen LogP contribution is 2.37. The van der Waals surface area contributed by atoms with E-state index in [4.69, 9.17) is 14.2 Å². The minimum atomic E-state index is -0.634. The molecule has 0 bridgehead atoms. The van der Waals surface area contributed by atoms with E-state index in [-0.39, 0.29) is 17.5 Å². The highest BCUT2D eigenvalue weighted by Gasteiger charge is 2.22. The summed E-state index contributed by atoms with van der Waals surface area (Å²) < 4.78 is 33.2. The summed E-state index contributed by atoms with van der Waals surface area (Å²) in [6.45, 7) is 1.11. The molecule has 5 aromatic rings. The molecule has 1 aromatic heterocycles. The number of anilines is 1. The Labute approximate surface area is 254 Å². The third-order valence-electron chi connectivity index (χ3n) is 7.30. The van der Waals surface area contributed by atoms with Gasteiger partial charge in [-0.05, 0) is 60.7 Å². The van der Waals surface area contributed by atoms with Gasteiger partial charge in [0.05, 0.1) is 23.6 Å². The Balaban J connectivity index is 1.28. The van der Waals surface area contributed by atoms with Gasteiger partial charge in [-0.2, -0.15) is 0 Å². The highest BCUT2D eigenvalue weighted by molar-refractivity contribution is 6.26. The number of nitrogens with zero attached hydrogens (tertiary/aromatic N) is 2. The predicted molar refractivity (Wildman–Crippen MR) is 167 cm³/mol. The van der Waals surface area contributed by atoms with Gasteiger partial charge in [-0.3, -0.25) is 4.79 Å². The van der Waals surface area contributed by atoms with Crippen molar-refractivity contribution in [2.75, 3.05) is 19.0 Å². The third kappa shape index (κ3) is 6.47. The van der Waals surface area contributed by atoms with Crippen molar-refractivity contribution in [1.29, 1.82) is 0 Å². The Morgan fingerprint density at radius 2 is 1.70 bits per heavy atom. The molecule has 1 aliphatic rings. The van der Waals surface area contributed by atoms with E-state index < -0.39 is 5.82 Å². The number of ether oxygens (including phenoxy) is 3. The highest BCUT2D eigenvalue weighted by atomic mass is 19.1. The molecule has 4 aromatic carbocycles. The molecule has 0 aliphatic carbocycles. The van der Waals surface area contributed by atoms with Crippen LogP contribution in [0.2, 0.25) is 0 Å². The second-order valence-corrected chi connectivity index (χ2v) is 10.3. The van der Waals surface area contributed by atoms with Crippen LogP contribution in [0, 0.1) is 5.82 Å². The fourth-order valence-corrected chi connectivity index (χ4v) is 5.10. The number of allylic oxidation sites excluding steroid dienone is 1. The number of aromatic nitrogens is 2. The van der Waals surface area contributed by atoms with E-state index in [2.05, 4.69) is 20.6 Å². The SMILES string of the molecule is COc1cc2c(Oc3ccc(/C(C(=O)Nc4ccccc4)=C4\CCCCN4)cc3F)ncnc2cc1OCc1ccccc1. The van der Waals surface area contributed by atoms with Crippen molar-refractivity contribution >= 4 is 28.1 Å². The van der Waals surface area contributed by atoms with Gasteiger partial charge < -0.3 is 24.8 Å². The van der Waals surface area contributed by atoms with Crippen LogP contribution in [-0.4, -0.2) is 29.5 Å². The van der Waals surface area contributed by atoms with Crippen LogP contribution < -0.4 is 24.8 Å². The van der Waals surface area contributed by atoms with Gasteiger partial charge in [-0.25, -0.2) is 14.4 Å². The first-order chi connectivity index (χ1) is 21.6. The summed E-state index contributed by atoms with van der Waals surface area (Å²) in [6.07, 6.45) is 4.00. The lowest BCUT2D eigenvalue weighted by molar-refractivity contribution is -0.111. The van der Waals surface area contributed by atoms with E-state index in [1.54, 1.807) is 25.3 Å². The number of hydrogen-bond acceptors (Lipinski definition) is 7. The molecule has 1 fully saturated rings. The van der Waals surface area contributed by atoms with Crippen molar-refractivity contribution in [3.8, 4) is 23.1 Å². The number of halogens is 1. The largest absolute Gasteiger partial charge is 0.493 e. The zero-order chi connectivity index (χ0) is 30.3. The Hall–Kier alpha value is -5.44. The van der Waals surface area contributed by atoms with Crippen molar-refractivity contribution < 1.29 is 23.4 Å². The molecule has 1 saturated heterocycles. The average Bonchev–Trinajstić information content (AvgIpc) is 3.06. The molecule has 44 heavy (non-hydrogen) atoms. The van der Waals surface area contributed by atoms with Gasteiger partial charge in [0.1, 0.15) is 12.9 Å². The normalized spacial score (nSPS) is 14.0. The Morgan fingerprint density at radius 3 is 2.43 bits per heavy atom. The van der Waals surface area contributed by atoms with Crippen LogP contribution in [0.5, 0.6) is 23.1 Å². The molecular weight excluding hydrogens is 559 g/mol. The lowest BCUT2D eigenvalue weighted by Crippen LogP contribution is -2.25. The van der Waals surface area contributed by atoms with Crippen molar-refractivity contribution in [3.63, 3.8) is 0 Å². The number of methoxy groups -OCH3 is 1. The molecule has 6 rings (SSSR count). The number of para-hydroxylation sites is 1. The van der Waals surface area contributed by atoms with Crippen molar-refractivity contribution in [1.82, 2.24) is 15.3 Å². The monoisotopic (exact) mass is 590 g/mol. The van der Waals surface area contributed by atoms with E-state index in [0.29, 0.717) is 52.3 Å². The van der Waals surface area contributed by atoms with Crippen LogP contribution in [0.4, 0.5) is 10.1 Å². The van der Waals surface area contributed by atoms with Gasteiger partial charge in [0, 0.05) is 24.0 Å². The Morgan fingerprint density at radius 1 is 0.909 bits per heavy atom. The fraction of sp³-hybridized carbons (Fsp3) is 0.171. The number of piperidine rings is 1. The molecule has 0 unspecified atom stereocenters. The van der Waals surface area contributed by atoms with Crippen LogP contribution in [0.15, 0.2) is 103 Å². The molecule has 0 atom stereocenters. The van der Waals surface area contributed by atoms with Gasteiger partial charge in [0.2, 0.25) is 5.88 Å². The fourth-order valence-electron chi connectivity index (χ4n) is 5.10. The van der Waals surface area contributed by atoms with E-state index in [9.17, 15) is 4.79 Å². The molecule has 222 valence electrons. The Kier molecular flexibility index (Phi) is 8.63. The number of amides is 1. The number of carbonyl (C=O) groups excluding carboxylic acids is 1. The lowest BCUT2D eigenvalue weighted by Gasteiger charge is -2.21. The van der Waals surface area contributed by atoms with Crippen LogP contribution in [0.3, 0.4) is 0 Å². The summed E-state index contributed by atoms with van der Waals surface area (Å²) in [5, 5.41) is 6.80. The van der Waals surface area contributed by atoms with Gasteiger partial charge in [0.15, 0.2) is 23.1 Å². The number of nitrogens with one attached hydrogen (secondary N) is 2. The van der Waals surface area contributed by atoms with Gasteiger partial charge in [0.25, 0.3) is 5.91 Å². The summed E-state index contributed by atoms with van der Waals surface area (Å²) in [4.78, 5) is 22.1. The quantitative estimate of drug-likeness (QED) is 0.174. The first kappa shape index (κ1) is 28.7. The molecule has 0 saturated carbocycles. The summed E-state index contributed by atoms with van der Waals surface area (Å²) >= 11 is 0. The van der Waals surface area contributed by atoms with Gasteiger partial charge in [-0.1, -0.05) is 54.6 Å². The number of fused-ring (bicyclic) bond motifs is 1. The first-order valence-corrected chi connectivity index (χ1v) is 14.4. The van der Waals surface area contributed by atoms with E-state index in [1.165, 1.54) is 18.5 Å². The number of rotatable bonds is 9. The molecule has 0 radical (unpaired) electrons. The molecule has 2 heterocycles. The average molecular weight is 591 g/mol. The van der Waals surface area contributed by atoms with Crippen LogP contribution >= 0.6 is 0 Å². The molecule has 1 aliphatic heterocycles. The van der Waals surface area contributed by atoms with E-state index in [0.717, 1.165) is 30.6 Å². The lowest BCUT2D eigenvalue weighted by atomic mass is 9.97. The Bertz CT molecular complexity index is 1800. The summed E-state index contributed by atoms with van der Waals surface area (Å²) in [6, 6.07) is 26.9. The van der Waals surface area contributed by atoms with Crippen LogP contribution in [0.1, 0.15) is 30.4 Å². The number of benzene rings is 4. The molecule has 0 spiro atoms. The van der Waals surface area contributed by atoms with Gasteiger partial charge in [-0.15, -0.1) is 0 Å². The summed E-state index contributed by atoms with van der Waals surface area (Å²) in [5.41, 5.74) is 3.85. The van der Waals surface area contributed by atoms with Crippen LogP contribution in [0.25, 0.3) is 16.5 Å².